The molecule has 0 saturated carbocycles. The van der Waals surface area contributed by atoms with Crippen LogP contribution in [0.2, 0.25) is 25.7 Å². The van der Waals surface area contributed by atoms with Crippen LogP contribution in [0.5, 0.6) is 0 Å². The van der Waals surface area contributed by atoms with Gasteiger partial charge in [-0.2, -0.15) is 0 Å². The van der Waals surface area contributed by atoms with Crippen molar-refractivity contribution in [1.82, 2.24) is 29.5 Å². The molecule has 2 aliphatic rings. The molecule has 0 unspecified atom stereocenters. The van der Waals surface area contributed by atoms with Crippen LogP contribution in [0.15, 0.2) is 91.3 Å². The van der Waals surface area contributed by atoms with Gasteiger partial charge in [-0.3, -0.25) is 0 Å². The first-order valence-corrected chi connectivity index (χ1v) is 21.3. The fourth-order valence-corrected chi connectivity index (χ4v) is 7.36. The topological polar surface area (TPSA) is 84.4 Å². The van der Waals surface area contributed by atoms with Crippen LogP contribution in [-0.2, 0) is 11.5 Å². The summed E-state index contributed by atoms with van der Waals surface area (Å²) in [5, 5.41) is 0. The molecule has 0 saturated heterocycles. The SMILES string of the molecule is Cc1ccc(-c2c3nc(c(-c4nccn4COCC[Si](C)(C)C)c4nc(c(-c5ccc(C)cc5)c5ccc(cc6ccc2[nH]6)[nH]5)C=C4)C=C3)cc1. The van der Waals surface area contributed by atoms with Crippen molar-refractivity contribution in [3.8, 4) is 33.6 Å². The number of imidazole rings is 1. The number of rotatable bonds is 8. The van der Waals surface area contributed by atoms with Gasteiger partial charge in [0.1, 0.15) is 12.6 Å². The molecule has 0 aliphatic carbocycles. The van der Waals surface area contributed by atoms with Crippen LogP contribution in [0.3, 0.4) is 0 Å². The van der Waals surface area contributed by atoms with Gasteiger partial charge in [0.05, 0.1) is 28.3 Å². The lowest BCUT2D eigenvalue weighted by atomic mass is 10.0. The van der Waals surface area contributed by atoms with Crippen molar-refractivity contribution < 1.29 is 4.74 Å². The molecular formula is C43H42N6OSi. The second-order valence-corrected chi connectivity index (χ2v) is 20.3. The molecule has 0 radical (unpaired) electrons. The Kier molecular flexibility index (Phi) is 8.49. The summed E-state index contributed by atoms with van der Waals surface area (Å²) >= 11 is 0. The van der Waals surface area contributed by atoms with Gasteiger partial charge in [-0.05, 0) is 85.7 Å². The van der Waals surface area contributed by atoms with Gasteiger partial charge < -0.3 is 19.3 Å². The Balaban J connectivity index is 1.42. The van der Waals surface area contributed by atoms with E-state index in [1.807, 2.05) is 12.4 Å². The maximum Gasteiger partial charge on any atom is 0.146 e. The summed E-state index contributed by atoms with van der Waals surface area (Å²) in [5.41, 5.74) is 14.9. The van der Waals surface area contributed by atoms with Gasteiger partial charge in [0.2, 0.25) is 0 Å². The Morgan fingerprint density at radius 1 is 0.627 bits per heavy atom. The standard InChI is InChI=1S/C43H42N6OSi/c1-28-6-10-30(11-7-28)40-34-16-14-32(45-34)26-33-15-17-35(46-33)41(31-12-8-29(2)9-13-31)37-19-21-39(48-37)42(38-20-18-36(40)47-38)43-44-22-23-49(43)27-50-24-25-51(3,4)5/h6-23,26,45-46H,24-25,27H2,1-5H3. The molecule has 6 heterocycles. The highest BCUT2D eigenvalue weighted by Gasteiger charge is 2.21. The minimum atomic E-state index is -1.23. The van der Waals surface area contributed by atoms with Crippen LogP contribution in [0, 0.1) is 13.8 Å². The van der Waals surface area contributed by atoms with E-state index >= 15 is 0 Å². The molecule has 4 aromatic heterocycles. The second kappa shape index (κ2) is 13.3. The molecule has 2 aliphatic heterocycles. The number of benzene rings is 2. The van der Waals surface area contributed by atoms with Crippen molar-refractivity contribution in [2.24, 2.45) is 0 Å². The van der Waals surface area contributed by atoms with Crippen LogP contribution in [0.25, 0.3) is 80.0 Å². The molecule has 8 rings (SSSR count). The van der Waals surface area contributed by atoms with Gasteiger partial charge in [0.15, 0.2) is 0 Å². The Morgan fingerprint density at radius 3 is 1.61 bits per heavy atom. The zero-order chi connectivity index (χ0) is 35.1. The summed E-state index contributed by atoms with van der Waals surface area (Å²) in [4.78, 5) is 23.0. The maximum absolute atomic E-state index is 6.24. The number of aryl methyl sites for hydroxylation is 2. The van der Waals surface area contributed by atoms with E-state index in [-0.39, 0.29) is 0 Å². The number of hydrogen-bond acceptors (Lipinski definition) is 4. The van der Waals surface area contributed by atoms with Crippen molar-refractivity contribution in [2.75, 3.05) is 6.61 Å². The third-order valence-corrected chi connectivity index (χ3v) is 11.1. The highest BCUT2D eigenvalue weighted by molar-refractivity contribution is 6.76. The molecule has 0 spiro atoms. The first-order valence-electron chi connectivity index (χ1n) is 17.6. The number of H-pyrrole nitrogens is 2. The smallest absolute Gasteiger partial charge is 0.146 e. The molecule has 2 N–H and O–H groups in total. The molecule has 7 nitrogen and oxygen atoms in total. The average Bonchev–Trinajstić information content (AvgIpc) is 3.95. The van der Waals surface area contributed by atoms with Gasteiger partial charge in [-0.25, -0.2) is 15.0 Å². The molecule has 8 bridgehead atoms. The summed E-state index contributed by atoms with van der Waals surface area (Å²) in [5.74, 6) is 0.770. The van der Waals surface area contributed by atoms with Crippen LogP contribution < -0.4 is 0 Å². The van der Waals surface area contributed by atoms with Gasteiger partial charge in [-0.1, -0.05) is 79.3 Å². The normalized spacial score (nSPS) is 12.6. The van der Waals surface area contributed by atoms with Crippen LogP contribution in [0.1, 0.15) is 33.9 Å². The molecule has 0 atom stereocenters. The second-order valence-electron chi connectivity index (χ2n) is 14.7. The largest absolute Gasteiger partial charge is 0.361 e. The van der Waals surface area contributed by atoms with Crippen molar-refractivity contribution >= 4 is 54.4 Å². The molecule has 0 fully saturated rings. The Morgan fingerprint density at radius 2 is 1.12 bits per heavy atom. The highest BCUT2D eigenvalue weighted by atomic mass is 28.3. The van der Waals surface area contributed by atoms with Gasteiger partial charge in [-0.15, -0.1) is 0 Å². The minimum Gasteiger partial charge on any atom is -0.361 e. The Bertz CT molecular complexity index is 2330. The molecular weight excluding hydrogens is 645 g/mol. The van der Waals surface area contributed by atoms with Crippen LogP contribution in [0.4, 0.5) is 0 Å². The number of aromatic nitrogens is 6. The third kappa shape index (κ3) is 6.80. The highest BCUT2D eigenvalue weighted by Crippen LogP contribution is 2.36. The van der Waals surface area contributed by atoms with E-state index in [4.69, 9.17) is 19.7 Å². The fraction of sp³-hybridized carbons (Fsp3) is 0.186. The van der Waals surface area contributed by atoms with E-state index in [0.29, 0.717) is 6.73 Å². The van der Waals surface area contributed by atoms with Crippen molar-refractivity contribution in [3.05, 3.63) is 125 Å². The summed E-state index contributed by atoms with van der Waals surface area (Å²) in [6.07, 6.45) is 12.2. The van der Waals surface area contributed by atoms with E-state index in [9.17, 15) is 0 Å². The number of fused-ring (bicyclic) bond motifs is 8. The van der Waals surface area contributed by atoms with E-state index < -0.39 is 8.07 Å². The summed E-state index contributed by atoms with van der Waals surface area (Å²) in [7, 11) is -1.23. The third-order valence-electron chi connectivity index (χ3n) is 9.42. The molecule has 0 amide bonds. The van der Waals surface area contributed by atoms with Crippen molar-refractivity contribution in [2.45, 2.75) is 46.3 Å². The van der Waals surface area contributed by atoms with Crippen LogP contribution >= 0.6 is 0 Å². The Labute approximate surface area is 299 Å². The lowest BCUT2D eigenvalue weighted by molar-refractivity contribution is 0.0883. The number of hydrogen-bond donors (Lipinski definition) is 2. The first kappa shape index (κ1) is 32.6. The summed E-state index contributed by atoms with van der Waals surface area (Å²) < 4.78 is 8.31. The summed E-state index contributed by atoms with van der Waals surface area (Å²) in [6, 6.07) is 29.0. The lowest BCUT2D eigenvalue weighted by Crippen LogP contribution is -2.22. The number of nitrogens with zero attached hydrogens (tertiary/aromatic N) is 4. The fourth-order valence-electron chi connectivity index (χ4n) is 6.60. The number of aromatic amines is 2. The minimum absolute atomic E-state index is 0.402. The van der Waals surface area contributed by atoms with Crippen molar-refractivity contribution in [1.29, 1.82) is 0 Å². The average molecular weight is 687 g/mol. The summed E-state index contributed by atoms with van der Waals surface area (Å²) in [6.45, 7) is 12.5. The van der Waals surface area contributed by atoms with E-state index in [0.717, 1.165) is 91.1 Å². The quantitative estimate of drug-likeness (QED) is 0.123. The zero-order valence-corrected chi connectivity index (χ0v) is 30.8. The van der Waals surface area contributed by atoms with E-state index in [1.165, 1.54) is 11.1 Å². The predicted molar refractivity (Wildman–Crippen MR) is 215 cm³/mol. The lowest BCUT2D eigenvalue weighted by Gasteiger charge is -2.16. The van der Waals surface area contributed by atoms with Crippen molar-refractivity contribution in [3.63, 3.8) is 0 Å². The molecule has 6 aromatic rings. The molecule has 254 valence electrons. The van der Waals surface area contributed by atoms with Gasteiger partial charge in [0, 0.05) is 60.3 Å². The predicted octanol–water partition coefficient (Wildman–Crippen LogP) is 10.8. The van der Waals surface area contributed by atoms with Crippen LogP contribution in [-0.4, -0.2) is 44.2 Å². The molecule has 51 heavy (non-hydrogen) atoms. The van der Waals surface area contributed by atoms with E-state index in [1.54, 1.807) is 0 Å². The van der Waals surface area contributed by atoms with Gasteiger partial charge in [0.25, 0.3) is 0 Å². The first-order chi connectivity index (χ1) is 24.7. The molecule has 8 heteroatoms. The Hall–Kier alpha value is -5.57. The zero-order valence-electron chi connectivity index (χ0n) is 29.8. The number of ether oxygens (including phenoxy) is 1. The number of nitrogens with one attached hydrogen (secondary N) is 2. The monoisotopic (exact) mass is 686 g/mol. The van der Waals surface area contributed by atoms with Gasteiger partial charge >= 0.3 is 0 Å². The molecule has 2 aromatic carbocycles. The maximum atomic E-state index is 6.24. The van der Waals surface area contributed by atoms with E-state index in [2.05, 4.69) is 151 Å².